The minimum absolute atomic E-state index is 0.00441. The minimum atomic E-state index is -0.821. The Morgan fingerprint density at radius 3 is 1.97 bits per heavy atom. The average Bonchev–Trinajstić information content (AvgIpc) is 2.85. The third kappa shape index (κ3) is 9.01. The van der Waals surface area contributed by atoms with Gasteiger partial charge in [0, 0.05) is 34.1 Å². The van der Waals surface area contributed by atoms with Gasteiger partial charge in [-0.15, -0.1) is 0 Å². The van der Waals surface area contributed by atoms with Gasteiger partial charge in [0.25, 0.3) is 5.91 Å². The zero-order chi connectivity index (χ0) is 28.8. The number of ether oxygens (including phenoxy) is 1. The summed E-state index contributed by atoms with van der Waals surface area (Å²) in [6.45, 7) is 12.0. The van der Waals surface area contributed by atoms with Gasteiger partial charge in [-0.3, -0.25) is 9.59 Å². The standard InChI is InChI=1S/C32H38Cl2N2O3/c1-31(2,3)23-15-17-24(18-16-23)39-21-29(37)36(20-25-26(33)13-10-14-27(25)34)28(30(38)35-32(4,5)6)19-22-11-8-7-9-12-22/h7-18,28H,19-21H2,1-6H3,(H,35,38)/t28-/m0/s1. The van der Waals surface area contributed by atoms with Crippen LogP contribution in [-0.2, 0) is 28.0 Å². The first kappa shape index (κ1) is 30.5. The predicted octanol–water partition coefficient (Wildman–Crippen LogP) is 7.22. The molecule has 3 aromatic carbocycles. The summed E-state index contributed by atoms with van der Waals surface area (Å²) in [7, 11) is 0. The monoisotopic (exact) mass is 568 g/mol. The maximum absolute atomic E-state index is 13.8. The third-order valence-electron chi connectivity index (χ3n) is 6.24. The molecule has 0 aliphatic heterocycles. The molecule has 3 aromatic rings. The Labute approximate surface area is 242 Å². The van der Waals surface area contributed by atoms with Gasteiger partial charge in [0.15, 0.2) is 6.61 Å². The van der Waals surface area contributed by atoms with Crippen molar-refractivity contribution in [1.82, 2.24) is 10.2 Å². The molecule has 2 amide bonds. The molecule has 0 saturated heterocycles. The lowest BCUT2D eigenvalue weighted by Crippen LogP contribution is -2.55. The topological polar surface area (TPSA) is 58.6 Å². The highest BCUT2D eigenvalue weighted by atomic mass is 35.5. The van der Waals surface area contributed by atoms with Crippen molar-refractivity contribution in [2.24, 2.45) is 0 Å². The van der Waals surface area contributed by atoms with E-state index >= 15 is 0 Å². The van der Waals surface area contributed by atoms with Crippen molar-refractivity contribution < 1.29 is 14.3 Å². The molecule has 0 fully saturated rings. The molecule has 208 valence electrons. The second kappa shape index (κ2) is 12.9. The van der Waals surface area contributed by atoms with E-state index in [-0.39, 0.29) is 30.4 Å². The van der Waals surface area contributed by atoms with Gasteiger partial charge in [-0.1, -0.05) is 92.5 Å². The van der Waals surface area contributed by atoms with Crippen LogP contribution < -0.4 is 10.1 Å². The minimum Gasteiger partial charge on any atom is -0.484 e. The van der Waals surface area contributed by atoms with E-state index in [1.54, 1.807) is 18.2 Å². The Morgan fingerprint density at radius 2 is 1.44 bits per heavy atom. The Bertz CT molecular complexity index is 1240. The van der Waals surface area contributed by atoms with Crippen molar-refractivity contribution in [3.8, 4) is 5.75 Å². The SMILES string of the molecule is CC(C)(C)NC(=O)[C@H](Cc1ccccc1)N(Cc1c(Cl)cccc1Cl)C(=O)COc1ccc(C(C)(C)C)cc1. The highest BCUT2D eigenvalue weighted by Crippen LogP contribution is 2.28. The lowest BCUT2D eigenvalue weighted by molar-refractivity contribution is -0.143. The summed E-state index contributed by atoms with van der Waals surface area (Å²) < 4.78 is 5.91. The Hall–Kier alpha value is -3.02. The maximum atomic E-state index is 13.8. The van der Waals surface area contributed by atoms with Gasteiger partial charge in [0.05, 0.1) is 0 Å². The summed E-state index contributed by atoms with van der Waals surface area (Å²) in [5.74, 6) is -0.0425. The van der Waals surface area contributed by atoms with E-state index in [2.05, 4.69) is 26.1 Å². The molecule has 1 N–H and O–H groups in total. The fraction of sp³-hybridized carbons (Fsp3) is 0.375. The van der Waals surface area contributed by atoms with Crippen molar-refractivity contribution in [2.45, 2.75) is 71.5 Å². The van der Waals surface area contributed by atoms with Gasteiger partial charge in [0.2, 0.25) is 5.91 Å². The number of nitrogens with zero attached hydrogens (tertiary/aromatic N) is 1. The molecule has 0 bridgehead atoms. The van der Waals surface area contributed by atoms with E-state index < -0.39 is 11.6 Å². The fourth-order valence-corrected chi connectivity index (χ4v) is 4.66. The number of benzene rings is 3. The van der Waals surface area contributed by atoms with Gasteiger partial charge in [-0.2, -0.15) is 0 Å². The number of hydrogen-bond acceptors (Lipinski definition) is 3. The smallest absolute Gasteiger partial charge is 0.261 e. The van der Waals surface area contributed by atoms with Crippen molar-refractivity contribution in [2.75, 3.05) is 6.61 Å². The van der Waals surface area contributed by atoms with E-state index in [1.165, 1.54) is 4.90 Å². The first-order valence-corrected chi connectivity index (χ1v) is 13.8. The second-order valence-corrected chi connectivity index (χ2v) is 12.5. The lowest BCUT2D eigenvalue weighted by Gasteiger charge is -2.34. The molecule has 39 heavy (non-hydrogen) atoms. The quantitative estimate of drug-likeness (QED) is 0.296. The third-order valence-corrected chi connectivity index (χ3v) is 6.95. The molecule has 1 atom stereocenters. The van der Waals surface area contributed by atoms with Gasteiger partial charge >= 0.3 is 0 Å². The van der Waals surface area contributed by atoms with Crippen LogP contribution in [-0.4, -0.2) is 34.9 Å². The van der Waals surface area contributed by atoms with Gasteiger partial charge in [0.1, 0.15) is 11.8 Å². The summed E-state index contributed by atoms with van der Waals surface area (Å²) in [5, 5.41) is 3.89. The first-order chi connectivity index (χ1) is 18.2. The van der Waals surface area contributed by atoms with Crippen LogP contribution in [0.15, 0.2) is 72.8 Å². The molecule has 0 aliphatic carbocycles. The Kier molecular flexibility index (Phi) is 10.1. The Balaban J connectivity index is 1.95. The number of halogens is 2. The normalized spacial score (nSPS) is 12.5. The molecular formula is C32H38Cl2N2O3. The average molecular weight is 570 g/mol. The van der Waals surface area contributed by atoms with Crippen LogP contribution >= 0.6 is 23.2 Å². The molecule has 0 aliphatic rings. The van der Waals surface area contributed by atoms with Crippen LogP contribution in [0.1, 0.15) is 58.2 Å². The largest absolute Gasteiger partial charge is 0.484 e. The molecule has 3 rings (SSSR count). The molecule has 0 radical (unpaired) electrons. The lowest BCUT2D eigenvalue weighted by atomic mass is 9.87. The number of hydrogen-bond donors (Lipinski definition) is 1. The zero-order valence-corrected chi connectivity index (χ0v) is 25.1. The van der Waals surface area contributed by atoms with Crippen molar-refractivity contribution in [3.63, 3.8) is 0 Å². The van der Waals surface area contributed by atoms with Gasteiger partial charge in [-0.25, -0.2) is 0 Å². The van der Waals surface area contributed by atoms with E-state index in [4.69, 9.17) is 27.9 Å². The van der Waals surface area contributed by atoms with Gasteiger partial charge < -0.3 is 15.0 Å². The Morgan fingerprint density at radius 1 is 0.846 bits per heavy atom. The van der Waals surface area contributed by atoms with Crippen LogP contribution in [0.2, 0.25) is 10.0 Å². The number of amides is 2. The van der Waals surface area contributed by atoms with Crippen LogP contribution in [0.4, 0.5) is 0 Å². The molecule has 0 aromatic heterocycles. The summed E-state index contributed by atoms with van der Waals surface area (Å²) in [6, 6.07) is 21.7. The van der Waals surface area contributed by atoms with E-state index in [1.807, 2.05) is 75.4 Å². The van der Waals surface area contributed by atoms with Gasteiger partial charge in [-0.05, 0) is 61.6 Å². The van der Waals surface area contributed by atoms with Crippen LogP contribution in [0.3, 0.4) is 0 Å². The molecule has 0 saturated carbocycles. The molecule has 0 heterocycles. The molecular weight excluding hydrogens is 531 g/mol. The molecule has 7 heteroatoms. The first-order valence-electron chi connectivity index (χ1n) is 13.1. The van der Waals surface area contributed by atoms with E-state index in [9.17, 15) is 9.59 Å². The van der Waals surface area contributed by atoms with Crippen molar-refractivity contribution in [1.29, 1.82) is 0 Å². The summed E-state index contributed by atoms with van der Waals surface area (Å²) in [5.41, 5.74) is 2.18. The van der Waals surface area contributed by atoms with Crippen LogP contribution in [0.25, 0.3) is 0 Å². The molecule has 0 unspecified atom stereocenters. The highest BCUT2D eigenvalue weighted by molar-refractivity contribution is 6.36. The van der Waals surface area contributed by atoms with Crippen LogP contribution in [0.5, 0.6) is 5.75 Å². The second-order valence-electron chi connectivity index (χ2n) is 11.7. The molecule has 0 spiro atoms. The summed E-state index contributed by atoms with van der Waals surface area (Å²) >= 11 is 13.0. The fourth-order valence-electron chi connectivity index (χ4n) is 4.14. The summed E-state index contributed by atoms with van der Waals surface area (Å²) in [4.78, 5) is 29.0. The number of carbonyl (C=O) groups excluding carboxylic acids is 2. The maximum Gasteiger partial charge on any atom is 0.261 e. The van der Waals surface area contributed by atoms with E-state index in [0.29, 0.717) is 27.8 Å². The predicted molar refractivity (Wildman–Crippen MR) is 159 cm³/mol. The highest BCUT2D eigenvalue weighted by Gasteiger charge is 2.33. The summed E-state index contributed by atoms with van der Waals surface area (Å²) in [6.07, 6.45) is 0.316. The van der Waals surface area contributed by atoms with E-state index in [0.717, 1.165) is 11.1 Å². The van der Waals surface area contributed by atoms with Crippen molar-refractivity contribution >= 4 is 35.0 Å². The number of rotatable bonds is 9. The van der Waals surface area contributed by atoms with Crippen molar-refractivity contribution in [3.05, 3.63) is 99.5 Å². The zero-order valence-electron chi connectivity index (χ0n) is 23.6. The number of carbonyl (C=O) groups is 2. The van der Waals surface area contributed by atoms with Crippen LogP contribution in [0, 0.1) is 0 Å². The molecule has 5 nitrogen and oxygen atoms in total. The number of nitrogens with one attached hydrogen (secondary N) is 1.